The maximum atomic E-state index is 11.9. The first-order chi connectivity index (χ1) is 11.9. The molecule has 4 aromatic rings. The fourth-order valence-corrected chi connectivity index (χ4v) is 3.35. The van der Waals surface area contributed by atoms with Crippen LogP contribution in [0.2, 0.25) is 0 Å². The molecular weight excluding hydrogens is 338 g/mol. The topological polar surface area (TPSA) is 101 Å². The first kappa shape index (κ1) is 15.5. The third kappa shape index (κ3) is 2.80. The zero-order valence-corrected chi connectivity index (χ0v) is 14.4. The number of benzene rings is 1. The van der Waals surface area contributed by atoms with Crippen molar-refractivity contribution in [2.75, 3.05) is 11.6 Å². The summed E-state index contributed by atoms with van der Waals surface area (Å²) < 4.78 is 23.7. The van der Waals surface area contributed by atoms with Crippen molar-refractivity contribution in [1.29, 1.82) is 0 Å². The van der Waals surface area contributed by atoms with Gasteiger partial charge >= 0.3 is 0 Å². The number of pyridine rings is 2. The number of rotatable bonds is 3. The lowest BCUT2D eigenvalue weighted by molar-refractivity contribution is 0.602. The van der Waals surface area contributed by atoms with Gasteiger partial charge in [0.2, 0.25) is 0 Å². The molecule has 0 aliphatic heterocycles. The molecule has 0 aliphatic rings. The molecule has 25 heavy (non-hydrogen) atoms. The number of sulfone groups is 1. The van der Waals surface area contributed by atoms with Crippen molar-refractivity contribution in [3.8, 4) is 0 Å². The summed E-state index contributed by atoms with van der Waals surface area (Å²) in [6.45, 7) is 1.96. The van der Waals surface area contributed by atoms with E-state index in [1.54, 1.807) is 36.7 Å². The minimum atomic E-state index is -3.30. The number of aromatic amines is 1. The van der Waals surface area contributed by atoms with Gasteiger partial charge in [-0.05, 0) is 42.8 Å². The van der Waals surface area contributed by atoms with Gasteiger partial charge < -0.3 is 5.32 Å². The predicted octanol–water partition coefficient (Wildman–Crippen LogP) is 2.96. The Morgan fingerprint density at radius 2 is 1.92 bits per heavy atom. The molecule has 0 amide bonds. The van der Waals surface area contributed by atoms with Crippen LogP contribution in [0.25, 0.3) is 21.9 Å². The third-order valence-electron chi connectivity index (χ3n) is 3.95. The number of aryl methyl sites for hydroxylation is 1. The van der Waals surface area contributed by atoms with Crippen LogP contribution in [0.4, 0.5) is 11.5 Å². The Hall–Kier alpha value is -3.00. The van der Waals surface area contributed by atoms with E-state index in [0.29, 0.717) is 22.4 Å². The van der Waals surface area contributed by atoms with Crippen LogP contribution in [0, 0.1) is 6.92 Å². The second-order valence-corrected chi connectivity index (χ2v) is 7.93. The maximum Gasteiger partial charge on any atom is 0.183 e. The average Bonchev–Trinajstić information content (AvgIpc) is 2.96. The highest BCUT2D eigenvalue weighted by atomic mass is 32.2. The van der Waals surface area contributed by atoms with Gasteiger partial charge in [-0.25, -0.2) is 13.4 Å². The van der Waals surface area contributed by atoms with Crippen LogP contribution in [0.3, 0.4) is 0 Å². The molecule has 126 valence electrons. The van der Waals surface area contributed by atoms with Crippen LogP contribution < -0.4 is 5.32 Å². The Kier molecular flexibility index (Phi) is 3.43. The Balaban J connectivity index is 1.87. The number of hydrogen-bond acceptors (Lipinski definition) is 6. The number of nitrogens with one attached hydrogen (secondary N) is 2. The molecule has 0 fully saturated rings. The van der Waals surface area contributed by atoms with Gasteiger partial charge in [-0.3, -0.25) is 10.1 Å². The van der Waals surface area contributed by atoms with Crippen molar-refractivity contribution in [1.82, 2.24) is 20.2 Å². The van der Waals surface area contributed by atoms with Crippen LogP contribution in [0.1, 0.15) is 5.56 Å². The van der Waals surface area contributed by atoms with Crippen LogP contribution in [-0.4, -0.2) is 34.8 Å². The van der Waals surface area contributed by atoms with E-state index in [1.807, 2.05) is 13.0 Å². The summed E-state index contributed by atoms with van der Waals surface area (Å²) in [5, 5.41) is 12.0. The highest BCUT2D eigenvalue weighted by Gasteiger charge is 2.12. The molecule has 0 spiro atoms. The summed E-state index contributed by atoms with van der Waals surface area (Å²) >= 11 is 0. The number of hydrogen-bond donors (Lipinski definition) is 2. The first-order valence-electron chi connectivity index (χ1n) is 7.58. The Morgan fingerprint density at radius 1 is 1.08 bits per heavy atom. The molecule has 3 aromatic heterocycles. The minimum Gasteiger partial charge on any atom is -0.339 e. The molecule has 4 rings (SSSR count). The Morgan fingerprint density at radius 3 is 2.72 bits per heavy atom. The van der Waals surface area contributed by atoms with E-state index in [9.17, 15) is 8.42 Å². The molecule has 0 atom stereocenters. The van der Waals surface area contributed by atoms with E-state index in [0.717, 1.165) is 16.6 Å². The van der Waals surface area contributed by atoms with Crippen molar-refractivity contribution in [2.24, 2.45) is 0 Å². The van der Waals surface area contributed by atoms with Gasteiger partial charge in [0.1, 0.15) is 5.82 Å². The van der Waals surface area contributed by atoms with E-state index in [-0.39, 0.29) is 4.90 Å². The van der Waals surface area contributed by atoms with Crippen LogP contribution >= 0.6 is 0 Å². The monoisotopic (exact) mass is 353 g/mol. The van der Waals surface area contributed by atoms with E-state index in [2.05, 4.69) is 25.5 Å². The number of fused-ring (bicyclic) bond motifs is 2. The van der Waals surface area contributed by atoms with Gasteiger partial charge in [-0.15, -0.1) is 0 Å². The minimum absolute atomic E-state index is 0.253. The van der Waals surface area contributed by atoms with Crippen LogP contribution in [0.5, 0.6) is 0 Å². The highest BCUT2D eigenvalue weighted by molar-refractivity contribution is 7.90. The molecule has 0 saturated carbocycles. The smallest absolute Gasteiger partial charge is 0.183 e. The van der Waals surface area contributed by atoms with E-state index in [4.69, 9.17) is 0 Å². The fraction of sp³-hybridized carbons (Fsp3) is 0.118. The molecule has 1 aromatic carbocycles. The van der Waals surface area contributed by atoms with E-state index < -0.39 is 9.84 Å². The molecule has 0 saturated heterocycles. The summed E-state index contributed by atoms with van der Waals surface area (Å²) in [7, 11) is -3.30. The number of anilines is 2. The van der Waals surface area contributed by atoms with Crippen molar-refractivity contribution in [2.45, 2.75) is 11.8 Å². The van der Waals surface area contributed by atoms with Gasteiger partial charge in [0.15, 0.2) is 15.5 Å². The van der Waals surface area contributed by atoms with Crippen LogP contribution in [0.15, 0.2) is 47.6 Å². The number of aromatic nitrogens is 4. The lowest BCUT2D eigenvalue weighted by atomic mass is 10.2. The van der Waals surface area contributed by atoms with Gasteiger partial charge in [0, 0.05) is 24.0 Å². The normalized spacial score (nSPS) is 11.9. The molecule has 0 radical (unpaired) electrons. The number of nitrogens with zero attached hydrogens (tertiary/aromatic N) is 3. The first-order valence-corrected chi connectivity index (χ1v) is 9.47. The third-order valence-corrected chi connectivity index (χ3v) is 5.06. The summed E-state index contributed by atoms with van der Waals surface area (Å²) in [4.78, 5) is 8.83. The van der Waals surface area contributed by atoms with Crippen molar-refractivity contribution in [3.63, 3.8) is 0 Å². The molecule has 0 unspecified atom stereocenters. The summed E-state index contributed by atoms with van der Waals surface area (Å²) in [5.74, 6) is 0.698. The SMILES string of the molecule is Cc1cnc2n[nH]c(Nc3ccnc4ccc(S(C)(=O)=O)cc34)c2c1. The summed E-state index contributed by atoms with van der Waals surface area (Å²) in [6.07, 6.45) is 4.62. The standard InChI is InChI=1S/C17H15N5O2S/c1-10-7-13-16(19-9-10)21-22-17(13)20-15-5-6-18-14-4-3-11(8-12(14)15)25(2,23)24/h3-9H,1-2H3,(H2,18,19,20,21,22). The van der Waals surface area contributed by atoms with Gasteiger partial charge in [0.25, 0.3) is 0 Å². The zero-order valence-electron chi connectivity index (χ0n) is 13.6. The second-order valence-electron chi connectivity index (χ2n) is 5.92. The second kappa shape index (κ2) is 5.52. The van der Waals surface area contributed by atoms with Gasteiger partial charge in [0.05, 0.1) is 21.5 Å². The van der Waals surface area contributed by atoms with Gasteiger partial charge in [-0.2, -0.15) is 5.10 Å². The van der Waals surface area contributed by atoms with Crippen molar-refractivity contribution < 1.29 is 8.42 Å². The molecule has 3 heterocycles. The van der Waals surface area contributed by atoms with Crippen LogP contribution in [-0.2, 0) is 9.84 Å². The fourth-order valence-electron chi connectivity index (χ4n) is 2.70. The van der Waals surface area contributed by atoms with Gasteiger partial charge in [-0.1, -0.05) is 0 Å². The Labute approximate surface area is 144 Å². The zero-order chi connectivity index (χ0) is 17.6. The van der Waals surface area contributed by atoms with Crippen molar-refractivity contribution in [3.05, 3.63) is 48.3 Å². The van der Waals surface area contributed by atoms with Crippen molar-refractivity contribution >= 4 is 43.3 Å². The quantitative estimate of drug-likeness (QED) is 0.587. The molecular formula is C17H15N5O2S. The molecule has 0 aliphatic carbocycles. The molecule has 0 bridgehead atoms. The predicted molar refractivity (Wildman–Crippen MR) is 96.8 cm³/mol. The summed E-state index contributed by atoms with van der Waals surface area (Å²) in [6, 6.07) is 8.67. The Bertz CT molecular complexity index is 1210. The average molecular weight is 353 g/mol. The molecule has 8 heteroatoms. The maximum absolute atomic E-state index is 11.9. The van der Waals surface area contributed by atoms with E-state index in [1.165, 1.54) is 6.26 Å². The lowest BCUT2D eigenvalue weighted by Gasteiger charge is -2.09. The van der Waals surface area contributed by atoms with E-state index >= 15 is 0 Å². The molecule has 2 N–H and O–H groups in total. The largest absolute Gasteiger partial charge is 0.339 e. The summed E-state index contributed by atoms with van der Waals surface area (Å²) in [5.41, 5.74) is 3.08. The number of H-pyrrole nitrogens is 1. The molecule has 7 nitrogen and oxygen atoms in total. The highest BCUT2D eigenvalue weighted by Crippen LogP contribution is 2.29. The lowest BCUT2D eigenvalue weighted by Crippen LogP contribution is -1.98.